The summed E-state index contributed by atoms with van der Waals surface area (Å²) in [6, 6.07) is 7.47. The van der Waals surface area contributed by atoms with Gasteiger partial charge in [0.25, 0.3) is 5.91 Å². The van der Waals surface area contributed by atoms with E-state index in [2.05, 4.69) is 0 Å². The van der Waals surface area contributed by atoms with Crippen molar-refractivity contribution in [3.05, 3.63) is 41.0 Å². The summed E-state index contributed by atoms with van der Waals surface area (Å²) in [5, 5.41) is 9.69. The van der Waals surface area contributed by atoms with E-state index in [-0.39, 0.29) is 4.32 Å². The maximum atomic E-state index is 12.2. The number of carbonyl (C=O) groups excluding carboxylic acids is 1. The van der Waals surface area contributed by atoms with Crippen LogP contribution in [-0.4, -0.2) is 32.7 Å². The molecule has 1 fully saturated rings. The van der Waals surface area contributed by atoms with E-state index in [1.807, 2.05) is 24.3 Å². The lowest BCUT2D eigenvalue weighted by atomic mass is 10.1. The molecule has 0 radical (unpaired) electrons. The molecule has 0 spiro atoms. The third-order valence-corrected chi connectivity index (χ3v) is 4.34. The molecule has 0 unspecified atom stereocenters. The zero-order chi connectivity index (χ0) is 15.0. The number of carbonyl (C=O) groups is 2. The number of carboxylic acids is 1. The van der Waals surface area contributed by atoms with Crippen molar-refractivity contribution < 1.29 is 19.1 Å². The smallest absolute Gasteiger partial charge is 0.323 e. The molecule has 7 heteroatoms. The molecule has 5 nitrogen and oxygen atoms in total. The molecule has 1 amide bonds. The predicted molar refractivity (Wildman–Crippen MR) is 83.7 cm³/mol. The molecule has 1 aromatic carbocycles. The number of amides is 1. The van der Waals surface area contributed by atoms with Gasteiger partial charge < -0.3 is 9.52 Å². The van der Waals surface area contributed by atoms with Gasteiger partial charge in [0.1, 0.15) is 16.4 Å². The molecule has 1 aliphatic heterocycles. The summed E-state index contributed by atoms with van der Waals surface area (Å²) >= 11 is 6.14. The van der Waals surface area contributed by atoms with Crippen LogP contribution in [-0.2, 0) is 9.59 Å². The molecule has 1 N–H and O–H groups in total. The zero-order valence-corrected chi connectivity index (χ0v) is 12.2. The van der Waals surface area contributed by atoms with Gasteiger partial charge in [0, 0.05) is 10.9 Å². The van der Waals surface area contributed by atoms with Gasteiger partial charge in [-0.15, -0.1) is 0 Å². The van der Waals surface area contributed by atoms with Crippen molar-refractivity contribution in [2.75, 3.05) is 6.54 Å². The number of nitrogens with zero attached hydrogens (tertiary/aromatic N) is 1. The molecule has 2 heterocycles. The van der Waals surface area contributed by atoms with Crippen molar-refractivity contribution in [3.63, 3.8) is 0 Å². The zero-order valence-electron chi connectivity index (χ0n) is 10.6. The lowest BCUT2D eigenvalue weighted by Crippen LogP contribution is -2.33. The highest BCUT2D eigenvalue weighted by molar-refractivity contribution is 8.26. The lowest BCUT2D eigenvalue weighted by molar-refractivity contribution is -0.140. The van der Waals surface area contributed by atoms with Gasteiger partial charge in [0.15, 0.2) is 0 Å². The topological polar surface area (TPSA) is 70.8 Å². The maximum absolute atomic E-state index is 12.2. The van der Waals surface area contributed by atoms with Crippen molar-refractivity contribution in [2.45, 2.75) is 0 Å². The third kappa shape index (κ3) is 2.57. The Morgan fingerprint density at radius 2 is 2.19 bits per heavy atom. The molecular formula is C14H9NO4S2. The van der Waals surface area contributed by atoms with Crippen molar-refractivity contribution in [3.8, 4) is 0 Å². The van der Waals surface area contributed by atoms with Crippen molar-refractivity contribution >= 4 is 57.2 Å². The molecule has 1 aliphatic rings. The van der Waals surface area contributed by atoms with Crippen LogP contribution in [0.4, 0.5) is 0 Å². The van der Waals surface area contributed by atoms with Crippen LogP contribution < -0.4 is 0 Å². The Kier molecular flexibility index (Phi) is 3.52. The van der Waals surface area contributed by atoms with Crippen LogP contribution in [0.2, 0.25) is 0 Å². The Balaban J connectivity index is 1.95. The van der Waals surface area contributed by atoms with Crippen LogP contribution in [0.15, 0.2) is 39.9 Å². The lowest BCUT2D eigenvalue weighted by Gasteiger charge is -2.10. The molecule has 106 valence electrons. The summed E-state index contributed by atoms with van der Waals surface area (Å²) < 4.78 is 5.66. The summed E-state index contributed by atoms with van der Waals surface area (Å²) in [7, 11) is 0. The van der Waals surface area contributed by atoms with Gasteiger partial charge in [-0.3, -0.25) is 14.5 Å². The van der Waals surface area contributed by atoms with Crippen LogP contribution in [0.5, 0.6) is 0 Å². The van der Waals surface area contributed by atoms with E-state index in [1.165, 1.54) is 0 Å². The van der Waals surface area contributed by atoms with E-state index in [9.17, 15) is 9.59 Å². The monoisotopic (exact) mass is 319 g/mol. The summed E-state index contributed by atoms with van der Waals surface area (Å²) in [6.07, 6.45) is 3.24. The number of fused-ring (bicyclic) bond motifs is 1. The number of benzene rings is 1. The fraction of sp³-hybridized carbons (Fsp3) is 0.0714. The van der Waals surface area contributed by atoms with Gasteiger partial charge >= 0.3 is 5.97 Å². The quantitative estimate of drug-likeness (QED) is 0.693. The average molecular weight is 319 g/mol. The van der Waals surface area contributed by atoms with Gasteiger partial charge in [0.05, 0.1) is 11.2 Å². The van der Waals surface area contributed by atoms with Crippen LogP contribution >= 0.6 is 24.0 Å². The van der Waals surface area contributed by atoms with Gasteiger partial charge in [-0.1, -0.05) is 42.2 Å². The molecule has 1 aromatic heterocycles. The molecule has 2 aromatic rings. The molecule has 0 atom stereocenters. The second-order valence-electron chi connectivity index (χ2n) is 4.35. The Labute approximate surface area is 129 Å². The van der Waals surface area contributed by atoms with E-state index in [4.69, 9.17) is 21.7 Å². The standard InChI is InChI=1S/C14H9NO4S2/c16-12(17)6-15-13(18)11(21-14(15)20)5-8-7-19-10-4-2-1-3-9(8)10/h1-5,7H,6H2,(H,16,17). The van der Waals surface area contributed by atoms with Crippen molar-refractivity contribution in [1.82, 2.24) is 4.90 Å². The van der Waals surface area contributed by atoms with Gasteiger partial charge in [-0.05, 0) is 12.1 Å². The normalized spacial score (nSPS) is 17.1. The number of thiocarbonyl (C=S) groups is 1. The molecule has 1 saturated heterocycles. The highest BCUT2D eigenvalue weighted by Crippen LogP contribution is 2.34. The number of aliphatic carboxylic acids is 1. The highest BCUT2D eigenvalue weighted by atomic mass is 32.2. The van der Waals surface area contributed by atoms with Crippen LogP contribution in [0.25, 0.3) is 17.0 Å². The first-order valence-corrected chi connectivity index (χ1v) is 7.22. The fourth-order valence-electron chi connectivity index (χ4n) is 2.02. The Bertz CT molecular complexity index is 793. The molecule has 0 aliphatic carbocycles. The van der Waals surface area contributed by atoms with Crippen molar-refractivity contribution in [1.29, 1.82) is 0 Å². The number of rotatable bonds is 3. The van der Waals surface area contributed by atoms with Gasteiger partial charge in [-0.2, -0.15) is 0 Å². The predicted octanol–water partition coefficient (Wildman–Crippen LogP) is 2.72. The Hall–Kier alpha value is -2.12. The Morgan fingerprint density at radius 3 is 2.95 bits per heavy atom. The van der Waals surface area contributed by atoms with E-state index in [1.54, 1.807) is 12.3 Å². The largest absolute Gasteiger partial charge is 0.480 e. The van der Waals surface area contributed by atoms with Crippen LogP contribution in [0.3, 0.4) is 0 Å². The second-order valence-corrected chi connectivity index (χ2v) is 6.02. The molecular weight excluding hydrogens is 310 g/mol. The number of thioether (sulfide) groups is 1. The Morgan fingerprint density at radius 1 is 1.43 bits per heavy atom. The highest BCUT2D eigenvalue weighted by Gasteiger charge is 2.33. The van der Waals surface area contributed by atoms with E-state index >= 15 is 0 Å². The summed E-state index contributed by atoms with van der Waals surface area (Å²) in [4.78, 5) is 24.4. The van der Waals surface area contributed by atoms with Gasteiger partial charge in [-0.25, -0.2) is 0 Å². The van der Waals surface area contributed by atoms with Crippen LogP contribution in [0.1, 0.15) is 5.56 Å². The first-order chi connectivity index (χ1) is 10.1. The minimum Gasteiger partial charge on any atom is -0.480 e. The number of para-hydroxylation sites is 1. The fourth-order valence-corrected chi connectivity index (χ4v) is 3.27. The summed E-state index contributed by atoms with van der Waals surface area (Å²) in [5.74, 6) is -1.49. The van der Waals surface area contributed by atoms with Gasteiger partial charge in [0.2, 0.25) is 0 Å². The molecule has 3 rings (SSSR count). The SMILES string of the molecule is O=C(O)CN1C(=O)C(=Cc2coc3ccccc23)SC1=S. The van der Waals surface area contributed by atoms with Crippen molar-refractivity contribution in [2.24, 2.45) is 0 Å². The molecule has 0 bridgehead atoms. The maximum Gasteiger partial charge on any atom is 0.323 e. The number of hydrogen-bond acceptors (Lipinski definition) is 5. The van der Waals surface area contributed by atoms with E-state index in [0.717, 1.165) is 33.2 Å². The van der Waals surface area contributed by atoms with E-state index < -0.39 is 18.4 Å². The number of furan rings is 1. The minimum absolute atomic E-state index is 0.251. The van der Waals surface area contributed by atoms with E-state index in [0.29, 0.717) is 4.91 Å². The number of hydrogen-bond donors (Lipinski definition) is 1. The summed E-state index contributed by atoms with van der Waals surface area (Å²) in [5.41, 5.74) is 1.49. The summed E-state index contributed by atoms with van der Waals surface area (Å²) in [6.45, 7) is -0.422. The number of carboxylic acid groups (broad SMARTS) is 1. The first-order valence-electron chi connectivity index (χ1n) is 5.99. The first kappa shape index (κ1) is 13.8. The minimum atomic E-state index is -1.10. The second kappa shape index (κ2) is 5.34. The molecule has 21 heavy (non-hydrogen) atoms. The molecule has 0 saturated carbocycles. The average Bonchev–Trinajstić information content (AvgIpc) is 2.96. The van der Waals surface area contributed by atoms with Crippen LogP contribution in [0, 0.1) is 0 Å². The third-order valence-electron chi connectivity index (χ3n) is 2.96.